The molecule has 0 radical (unpaired) electrons. The molecular formula is C15H19BrN2O2. The molecule has 2 N–H and O–H groups in total. The van der Waals surface area contributed by atoms with E-state index in [2.05, 4.69) is 52.5 Å². The van der Waals surface area contributed by atoms with E-state index in [-0.39, 0.29) is 23.1 Å². The topological polar surface area (TPSA) is 58.2 Å². The summed E-state index contributed by atoms with van der Waals surface area (Å²) in [5.41, 5.74) is 1.00. The van der Waals surface area contributed by atoms with E-state index in [1.54, 1.807) is 0 Å². The molecule has 1 aromatic rings. The van der Waals surface area contributed by atoms with E-state index in [9.17, 15) is 9.59 Å². The van der Waals surface area contributed by atoms with Gasteiger partial charge in [0, 0.05) is 29.4 Å². The van der Waals surface area contributed by atoms with E-state index >= 15 is 0 Å². The van der Waals surface area contributed by atoms with Gasteiger partial charge in [-0.25, -0.2) is 0 Å². The minimum absolute atomic E-state index is 0.0450. The second kappa shape index (κ2) is 5.95. The lowest BCUT2D eigenvalue weighted by Gasteiger charge is -2.26. The average Bonchev–Trinajstić information content (AvgIpc) is 2.83. The zero-order valence-corrected chi connectivity index (χ0v) is 13.3. The van der Waals surface area contributed by atoms with Crippen molar-refractivity contribution in [2.45, 2.75) is 25.7 Å². The van der Waals surface area contributed by atoms with Gasteiger partial charge in [-0.15, -0.1) is 0 Å². The number of benzene rings is 1. The van der Waals surface area contributed by atoms with Crippen LogP contribution in [-0.2, 0) is 15.0 Å². The number of amides is 2. The van der Waals surface area contributed by atoms with Crippen LogP contribution >= 0.6 is 15.9 Å². The van der Waals surface area contributed by atoms with Crippen LogP contribution in [0.5, 0.6) is 0 Å². The highest BCUT2D eigenvalue weighted by atomic mass is 79.9. The summed E-state index contributed by atoms with van der Waals surface area (Å²) in [5, 5.41) is 5.64. The van der Waals surface area contributed by atoms with E-state index < -0.39 is 0 Å². The number of hydrogen-bond acceptors (Lipinski definition) is 2. The van der Waals surface area contributed by atoms with Gasteiger partial charge in [0.15, 0.2) is 0 Å². The first-order chi connectivity index (χ1) is 9.38. The minimum Gasteiger partial charge on any atom is -0.355 e. The summed E-state index contributed by atoms with van der Waals surface area (Å²) in [5.74, 6) is -0.330. The molecule has 1 heterocycles. The summed E-state index contributed by atoms with van der Waals surface area (Å²) >= 11 is 3.46. The van der Waals surface area contributed by atoms with Crippen LogP contribution in [0.1, 0.15) is 25.8 Å². The maximum absolute atomic E-state index is 12.0. The van der Waals surface area contributed by atoms with Gasteiger partial charge in [-0.1, -0.05) is 41.9 Å². The maximum Gasteiger partial charge on any atom is 0.225 e. The molecule has 2 amide bonds. The third-order valence-electron chi connectivity index (χ3n) is 3.66. The second-order valence-electron chi connectivity index (χ2n) is 5.82. The van der Waals surface area contributed by atoms with Gasteiger partial charge in [0.05, 0.1) is 5.92 Å². The number of hydrogen-bond donors (Lipinski definition) is 2. The Bertz CT molecular complexity index is 528. The summed E-state index contributed by atoms with van der Waals surface area (Å²) in [7, 11) is 0. The van der Waals surface area contributed by atoms with Crippen molar-refractivity contribution in [2.75, 3.05) is 13.1 Å². The van der Waals surface area contributed by atoms with Crippen LogP contribution in [0.4, 0.5) is 0 Å². The molecule has 1 aliphatic rings. The van der Waals surface area contributed by atoms with E-state index in [1.807, 2.05) is 12.1 Å². The smallest absolute Gasteiger partial charge is 0.225 e. The van der Waals surface area contributed by atoms with Crippen molar-refractivity contribution in [2.24, 2.45) is 5.92 Å². The zero-order valence-electron chi connectivity index (χ0n) is 11.7. The number of rotatable bonds is 4. The third-order valence-corrected chi connectivity index (χ3v) is 4.15. The van der Waals surface area contributed by atoms with Gasteiger partial charge in [0.25, 0.3) is 0 Å². The molecule has 0 saturated carbocycles. The van der Waals surface area contributed by atoms with Crippen molar-refractivity contribution >= 4 is 27.7 Å². The Kier molecular flexibility index (Phi) is 4.48. The summed E-state index contributed by atoms with van der Waals surface area (Å²) in [6, 6.07) is 8.08. The van der Waals surface area contributed by atoms with Crippen molar-refractivity contribution in [3.05, 3.63) is 34.3 Å². The lowest BCUT2D eigenvalue weighted by Crippen LogP contribution is -2.40. The molecular weight excluding hydrogens is 320 g/mol. The lowest BCUT2D eigenvalue weighted by molar-refractivity contribution is -0.126. The highest BCUT2D eigenvalue weighted by Gasteiger charge is 2.29. The molecule has 2 rings (SSSR count). The molecule has 5 heteroatoms. The molecule has 1 unspecified atom stereocenters. The van der Waals surface area contributed by atoms with E-state index in [0.29, 0.717) is 19.5 Å². The predicted octanol–water partition coefficient (Wildman–Crippen LogP) is 1.98. The van der Waals surface area contributed by atoms with Crippen LogP contribution in [-0.4, -0.2) is 24.9 Å². The zero-order chi connectivity index (χ0) is 14.8. The Labute approximate surface area is 127 Å². The van der Waals surface area contributed by atoms with Gasteiger partial charge >= 0.3 is 0 Å². The summed E-state index contributed by atoms with van der Waals surface area (Å²) in [6.45, 7) is 5.18. The summed E-state index contributed by atoms with van der Waals surface area (Å²) in [4.78, 5) is 23.1. The third kappa shape index (κ3) is 3.60. The van der Waals surface area contributed by atoms with E-state index in [4.69, 9.17) is 0 Å². The highest BCUT2D eigenvalue weighted by molar-refractivity contribution is 9.10. The monoisotopic (exact) mass is 338 g/mol. The van der Waals surface area contributed by atoms with Gasteiger partial charge in [0.2, 0.25) is 11.8 Å². The molecule has 0 bridgehead atoms. The SMILES string of the molecule is CC(C)(CNC(=O)C1CNC(=O)C1)c1cccc(Br)c1. The first kappa shape index (κ1) is 15.0. The van der Waals surface area contributed by atoms with Gasteiger partial charge in [-0.2, -0.15) is 0 Å². The first-order valence-electron chi connectivity index (χ1n) is 6.69. The Morgan fingerprint density at radius 1 is 1.50 bits per heavy atom. The number of carbonyl (C=O) groups excluding carboxylic acids is 2. The fraction of sp³-hybridized carbons (Fsp3) is 0.467. The molecule has 108 valence electrons. The normalized spacial score (nSPS) is 18.8. The standard InChI is InChI=1S/C15H19BrN2O2/c1-15(2,11-4-3-5-12(16)7-11)9-18-14(20)10-6-13(19)17-8-10/h3-5,7,10H,6,8-9H2,1-2H3,(H,17,19)(H,18,20). The van der Waals surface area contributed by atoms with Crippen molar-refractivity contribution in [1.82, 2.24) is 10.6 Å². The first-order valence-corrected chi connectivity index (χ1v) is 7.48. The summed E-state index contributed by atoms with van der Waals surface area (Å²) < 4.78 is 1.03. The van der Waals surface area contributed by atoms with Crippen molar-refractivity contribution < 1.29 is 9.59 Å². The van der Waals surface area contributed by atoms with Crippen LogP contribution in [0.25, 0.3) is 0 Å². The maximum atomic E-state index is 12.0. The summed E-state index contributed by atoms with van der Waals surface area (Å²) in [6.07, 6.45) is 0.295. The van der Waals surface area contributed by atoms with Crippen LogP contribution < -0.4 is 10.6 Å². The molecule has 1 atom stereocenters. The fourth-order valence-corrected chi connectivity index (χ4v) is 2.65. The lowest BCUT2D eigenvalue weighted by atomic mass is 9.84. The van der Waals surface area contributed by atoms with Gasteiger partial charge in [-0.05, 0) is 17.7 Å². The molecule has 0 aliphatic carbocycles. The van der Waals surface area contributed by atoms with Gasteiger partial charge < -0.3 is 10.6 Å². The minimum atomic E-state index is -0.235. The quantitative estimate of drug-likeness (QED) is 0.881. The molecule has 0 aromatic heterocycles. The number of carbonyl (C=O) groups is 2. The largest absolute Gasteiger partial charge is 0.355 e. The molecule has 1 fully saturated rings. The van der Waals surface area contributed by atoms with Gasteiger partial charge in [-0.3, -0.25) is 9.59 Å². The average molecular weight is 339 g/mol. The van der Waals surface area contributed by atoms with Gasteiger partial charge in [0.1, 0.15) is 0 Å². The Hall–Kier alpha value is -1.36. The molecule has 1 aliphatic heterocycles. The van der Waals surface area contributed by atoms with E-state index in [1.165, 1.54) is 0 Å². The highest BCUT2D eigenvalue weighted by Crippen LogP contribution is 2.25. The van der Waals surface area contributed by atoms with Crippen LogP contribution in [0.3, 0.4) is 0 Å². The molecule has 4 nitrogen and oxygen atoms in total. The molecule has 1 saturated heterocycles. The van der Waals surface area contributed by atoms with Crippen molar-refractivity contribution in [1.29, 1.82) is 0 Å². The fourth-order valence-electron chi connectivity index (χ4n) is 2.25. The Morgan fingerprint density at radius 2 is 2.25 bits per heavy atom. The molecule has 20 heavy (non-hydrogen) atoms. The number of halogens is 1. The van der Waals surface area contributed by atoms with Crippen LogP contribution in [0, 0.1) is 5.92 Å². The second-order valence-corrected chi connectivity index (χ2v) is 6.73. The molecule has 0 spiro atoms. The number of nitrogens with one attached hydrogen (secondary N) is 2. The van der Waals surface area contributed by atoms with Crippen molar-refractivity contribution in [3.63, 3.8) is 0 Å². The molecule has 1 aromatic carbocycles. The van der Waals surface area contributed by atoms with Crippen LogP contribution in [0.15, 0.2) is 28.7 Å². The van der Waals surface area contributed by atoms with Crippen molar-refractivity contribution in [3.8, 4) is 0 Å². The Morgan fingerprint density at radius 3 is 2.85 bits per heavy atom. The predicted molar refractivity (Wildman–Crippen MR) is 81.3 cm³/mol. The Balaban J connectivity index is 1.95. The van der Waals surface area contributed by atoms with Crippen LogP contribution in [0.2, 0.25) is 0 Å². The van der Waals surface area contributed by atoms with E-state index in [0.717, 1.165) is 10.0 Å².